The molecule has 398 valence electrons. The van der Waals surface area contributed by atoms with E-state index in [2.05, 4.69) is 10.2 Å². The Balaban J connectivity index is 1.66. The minimum Gasteiger partial charge on any atom is -0.494 e. The second-order valence-corrected chi connectivity index (χ2v) is 22.7. The van der Waals surface area contributed by atoms with Gasteiger partial charge >= 0.3 is 30.0 Å². The third kappa shape index (κ3) is 17.0. The van der Waals surface area contributed by atoms with Crippen LogP contribution in [0.3, 0.4) is 0 Å². The van der Waals surface area contributed by atoms with Gasteiger partial charge in [0, 0.05) is 37.2 Å². The maximum absolute atomic E-state index is 13.9. The first-order valence-corrected chi connectivity index (χ1v) is 24.5. The van der Waals surface area contributed by atoms with E-state index in [1.807, 2.05) is 69.3 Å². The fourth-order valence-corrected chi connectivity index (χ4v) is 6.94. The molecule has 2 amide bonds. The number of benzene rings is 2. The molecular formula is C54H78N4O14. The lowest BCUT2D eigenvalue weighted by atomic mass is 9.93. The van der Waals surface area contributed by atoms with Gasteiger partial charge in [0.2, 0.25) is 24.2 Å². The van der Waals surface area contributed by atoms with Gasteiger partial charge in [-0.25, -0.2) is 4.79 Å². The van der Waals surface area contributed by atoms with Crippen LogP contribution in [0, 0.1) is 28.6 Å². The molecule has 2 aromatic carbocycles. The Kier molecular flexibility index (Phi) is 19.9. The predicted molar refractivity (Wildman–Crippen MR) is 266 cm³/mol. The molecule has 1 aliphatic heterocycles. The number of nitrogens with two attached hydrogens (primary N) is 1. The van der Waals surface area contributed by atoms with Crippen molar-refractivity contribution in [1.82, 2.24) is 15.1 Å². The van der Waals surface area contributed by atoms with Gasteiger partial charge in [0.15, 0.2) is 12.2 Å². The Hall–Kier alpha value is -6.17. The Bertz CT molecular complexity index is 2330. The van der Waals surface area contributed by atoms with Gasteiger partial charge in [-0.2, -0.15) is 0 Å². The van der Waals surface area contributed by atoms with Gasteiger partial charge in [0.05, 0.1) is 28.3 Å². The summed E-state index contributed by atoms with van der Waals surface area (Å²) in [5, 5.41) is 7.70. The van der Waals surface area contributed by atoms with E-state index in [9.17, 15) is 28.8 Å². The molecule has 1 fully saturated rings. The normalized spacial score (nSPS) is 18.4. The lowest BCUT2D eigenvalue weighted by Crippen LogP contribution is -2.65. The topological polar surface area (TPSA) is 234 Å². The Morgan fingerprint density at radius 3 is 1.85 bits per heavy atom. The average molecular weight is 1010 g/mol. The van der Waals surface area contributed by atoms with Crippen LogP contribution in [0.15, 0.2) is 48.5 Å². The van der Waals surface area contributed by atoms with Gasteiger partial charge in [-0.1, -0.05) is 50.2 Å². The number of primary amides is 1. The zero-order valence-corrected chi connectivity index (χ0v) is 44.9. The molecule has 72 heavy (non-hydrogen) atoms. The maximum Gasteiger partial charge on any atom is 0.410 e. The number of rotatable bonds is 20. The molecule has 18 nitrogen and oxygen atoms in total. The van der Waals surface area contributed by atoms with Crippen LogP contribution in [0.4, 0.5) is 4.79 Å². The van der Waals surface area contributed by atoms with Crippen LogP contribution in [0.5, 0.6) is 11.6 Å². The number of aryl methyl sites for hydroxylation is 1. The molecule has 0 bridgehead atoms. The van der Waals surface area contributed by atoms with Gasteiger partial charge in [0.1, 0.15) is 25.1 Å². The number of carbonyl (C=O) groups is 6. The van der Waals surface area contributed by atoms with E-state index in [0.29, 0.717) is 24.2 Å². The fraction of sp³-hybridized carbons (Fsp3) is 0.611. The number of carbonyl (C=O) groups excluding carboxylic acids is 6. The molecule has 3 aromatic rings. The highest BCUT2D eigenvalue weighted by Gasteiger charge is 2.56. The van der Waals surface area contributed by atoms with Crippen LogP contribution in [0.25, 0.3) is 0 Å². The summed E-state index contributed by atoms with van der Waals surface area (Å²) in [6.07, 6.45) is -7.14. The van der Waals surface area contributed by atoms with Crippen LogP contribution in [-0.2, 0) is 65.4 Å². The van der Waals surface area contributed by atoms with Crippen LogP contribution < -0.4 is 15.2 Å². The number of ether oxygens (including phenoxy) is 8. The van der Waals surface area contributed by atoms with Crippen molar-refractivity contribution in [1.29, 1.82) is 0 Å². The lowest BCUT2D eigenvalue weighted by Gasteiger charge is -2.45. The Morgan fingerprint density at radius 2 is 1.31 bits per heavy atom. The average Bonchev–Trinajstić information content (AvgIpc) is 3.67. The zero-order valence-electron chi connectivity index (χ0n) is 44.9. The van der Waals surface area contributed by atoms with Crippen molar-refractivity contribution >= 4 is 35.9 Å². The number of nitrogens with one attached hydrogen (secondary N) is 1. The van der Waals surface area contributed by atoms with Crippen molar-refractivity contribution in [2.45, 2.75) is 166 Å². The van der Waals surface area contributed by atoms with Gasteiger partial charge in [-0.05, 0) is 131 Å². The molecule has 2 heterocycles. The number of hydrogen-bond acceptors (Lipinski definition) is 15. The first kappa shape index (κ1) is 58.4. The highest BCUT2D eigenvalue weighted by Crippen LogP contribution is 2.37. The highest BCUT2D eigenvalue weighted by atomic mass is 16.7. The third-order valence-corrected chi connectivity index (χ3v) is 11.4. The summed E-state index contributed by atoms with van der Waals surface area (Å²) in [6, 6.07) is 14.9. The number of hydrogen-bond donors (Lipinski definition) is 2. The summed E-state index contributed by atoms with van der Waals surface area (Å²) in [4.78, 5) is 80.6. The number of nitrogens with zero attached hydrogens (tertiary/aromatic N) is 2. The number of aromatic amines is 1. The Labute approximate surface area is 424 Å². The molecule has 0 radical (unpaired) electrons. The summed E-state index contributed by atoms with van der Waals surface area (Å²) < 4.78 is 49.1. The monoisotopic (exact) mass is 1010 g/mol. The summed E-state index contributed by atoms with van der Waals surface area (Å²) in [7, 11) is 0. The number of amides is 2. The van der Waals surface area contributed by atoms with Gasteiger partial charge in [-0.3, -0.25) is 29.1 Å². The standard InChI is InChI=1S/C54H78N4O14/c1-32(2)40-37(29-35-22-23-36(28-33(35)3)65-27-19-25-58(26-24-39(55)59)50(64)67-30-34-20-17-16-18-21-34)44(57-56-40)72-45-43(71-49(63)54(13,14)15)42(70-48(62)53(10,11)12)41(69-47(61)52(7,8)9)38(68-45)31-66-46(60)51(4,5)6/h16-18,20-23,28,32,38,41-43,45H,19,24-27,29-31H2,1-15H3,(H2,55,59)(H,56,57)/t38-,41-,42+,43-,45+/m1/s1. The molecule has 1 saturated heterocycles. The first-order chi connectivity index (χ1) is 33.4. The zero-order chi connectivity index (χ0) is 53.9. The van der Waals surface area contributed by atoms with E-state index in [0.717, 1.165) is 22.4 Å². The SMILES string of the molecule is Cc1cc(OCCCN(CCC(N)=O)C(=O)OCc2ccccc2)ccc1Cc1c(O[C@@H]2O[C@H](COC(=O)C(C)(C)C)[C@@H](OC(=O)C(C)(C)C)[C@H](OC(=O)C(C)(C)C)[C@H]2OC(=O)C(C)(C)C)n[nH]c1C(C)C. The van der Waals surface area contributed by atoms with Crippen LogP contribution in [0.1, 0.15) is 144 Å². The molecule has 4 rings (SSSR count). The van der Waals surface area contributed by atoms with E-state index in [1.54, 1.807) is 83.1 Å². The molecule has 18 heteroatoms. The molecule has 0 unspecified atom stereocenters. The van der Waals surface area contributed by atoms with Crippen LogP contribution in [-0.4, -0.2) is 108 Å². The number of esters is 4. The quantitative estimate of drug-likeness (QED) is 0.0616. The van der Waals surface area contributed by atoms with Gasteiger partial charge < -0.3 is 48.5 Å². The van der Waals surface area contributed by atoms with Gasteiger partial charge in [0.25, 0.3) is 0 Å². The minimum atomic E-state index is -1.55. The molecule has 3 N–H and O–H groups in total. The molecule has 1 aromatic heterocycles. The van der Waals surface area contributed by atoms with E-state index >= 15 is 0 Å². The molecule has 1 aliphatic rings. The Morgan fingerprint density at radius 1 is 0.736 bits per heavy atom. The van der Waals surface area contributed by atoms with Crippen LogP contribution >= 0.6 is 0 Å². The molecule has 5 atom stereocenters. The fourth-order valence-electron chi connectivity index (χ4n) is 6.94. The summed E-state index contributed by atoms with van der Waals surface area (Å²) in [5.74, 6) is -2.55. The summed E-state index contributed by atoms with van der Waals surface area (Å²) in [5.41, 5.74) is 5.33. The summed E-state index contributed by atoms with van der Waals surface area (Å²) in [6.45, 7) is 26.1. The molecule has 0 saturated carbocycles. The van der Waals surface area contributed by atoms with Crippen molar-refractivity contribution in [2.24, 2.45) is 27.4 Å². The maximum atomic E-state index is 13.9. The second-order valence-electron chi connectivity index (χ2n) is 22.7. The lowest BCUT2D eigenvalue weighted by molar-refractivity contribution is -0.294. The van der Waals surface area contributed by atoms with Crippen molar-refractivity contribution in [2.75, 3.05) is 26.3 Å². The van der Waals surface area contributed by atoms with E-state index in [1.165, 1.54) is 4.90 Å². The predicted octanol–water partition coefficient (Wildman–Crippen LogP) is 8.28. The molecule has 0 spiro atoms. The number of H-pyrrole nitrogens is 1. The molecule has 0 aliphatic carbocycles. The number of aromatic nitrogens is 2. The van der Waals surface area contributed by atoms with E-state index in [4.69, 9.17) is 43.6 Å². The highest BCUT2D eigenvalue weighted by molar-refractivity contribution is 5.78. The van der Waals surface area contributed by atoms with Gasteiger partial charge in [-0.15, -0.1) is 5.10 Å². The molecular weight excluding hydrogens is 929 g/mol. The van der Waals surface area contributed by atoms with E-state index in [-0.39, 0.29) is 44.5 Å². The minimum absolute atomic E-state index is 0.0131. The largest absolute Gasteiger partial charge is 0.494 e. The third-order valence-electron chi connectivity index (χ3n) is 11.4. The van der Waals surface area contributed by atoms with E-state index < -0.39 is 94.9 Å². The van der Waals surface area contributed by atoms with Crippen molar-refractivity contribution in [3.63, 3.8) is 0 Å². The smallest absolute Gasteiger partial charge is 0.410 e. The second kappa shape index (κ2) is 24.5. The van der Waals surface area contributed by atoms with Crippen LogP contribution in [0.2, 0.25) is 0 Å². The van der Waals surface area contributed by atoms with Crippen molar-refractivity contribution in [3.8, 4) is 11.6 Å². The summed E-state index contributed by atoms with van der Waals surface area (Å²) >= 11 is 0. The first-order valence-electron chi connectivity index (χ1n) is 24.5. The van der Waals surface area contributed by atoms with Crippen molar-refractivity contribution in [3.05, 3.63) is 76.5 Å². The van der Waals surface area contributed by atoms with Crippen molar-refractivity contribution < 1.29 is 66.7 Å².